The smallest absolute Gasteiger partial charge is 0.200 e. The van der Waals surface area contributed by atoms with Gasteiger partial charge in [-0.05, 0) is 35.9 Å². The molecule has 0 aromatic heterocycles. The number of benzene rings is 2. The lowest BCUT2D eigenvalue weighted by atomic mass is 9.97. The van der Waals surface area contributed by atoms with Gasteiger partial charge in [0.2, 0.25) is 0 Å². The Morgan fingerprint density at radius 1 is 1.19 bits per heavy atom. The predicted molar refractivity (Wildman–Crippen MR) is 81.7 cm³/mol. The maximum atomic E-state index is 12.4. The molecule has 21 heavy (non-hydrogen) atoms. The van der Waals surface area contributed by atoms with Gasteiger partial charge >= 0.3 is 0 Å². The number of phenolic OH excluding ortho intramolecular Hbond substituents is 2. The summed E-state index contributed by atoms with van der Waals surface area (Å²) in [7, 11) is 0. The van der Waals surface area contributed by atoms with E-state index in [1.165, 1.54) is 12.1 Å². The van der Waals surface area contributed by atoms with Crippen LogP contribution in [0, 0.1) is 0 Å². The molecule has 1 heterocycles. The third-order valence-corrected chi connectivity index (χ3v) is 3.70. The van der Waals surface area contributed by atoms with Gasteiger partial charge in [-0.3, -0.25) is 4.79 Å². The number of carbonyl (C=O) groups is 1. The highest BCUT2D eigenvalue weighted by atomic mass is 79.9. The number of ether oxygens (including phenoxy) is 1. The van der Waals surface area contributed by atoms with Gasteiger partial charge < -0.3 is 14.9 Å². The van der Waals surface area contributed by atoms with E-state index in [1.807, 2.05) is 24.3 Å². The summed E-state index contributed by atoms with van der Waals surface area (Å²) < 4.78 is 6.38. The summed E-state index contributed by atoms with van der Waals surface area (Å²) in [6.45, 7) is 0.128. The molecule has 5 heteroatoms. The van der Waals surface area contributed by atoms with Gasteiger partial charge in [-0.1, -0.05) is 28.1 Å². The monoisotopic (exact) mass is 346 g/mol. The summed E-state index contributed by atoms with van der Waals surface area (Å²) in [4.78, 5) is 12.4. The van der Waals surface area contributed by atoms with Crippen LogP contribution in [0.15, 0.2) is 46.4 Å². The van der Waals surface area contributed by atoms with Gasteiger partial charge in [0.15, 0.2) is 17.3 Å². The lowest BCUT2D eigenvalue weighted by molar-refractivity contribution is 0.0996. The molecule has 0 saturated carbocycles. The molecule has 0 atom stereocenters. The second-order valence-corrected chi connectivity index (χ2v) is 5.56. The SMILES string of the molecule is O=C1/C(=C/c2cccc(Br)c2)COc2ccc(O)c(O)c21. The van der Waals surface area contributed by atoms with Crippen molar-refractivity contribution in [2.24, 2.45) is 0 Å². The van der Waals surface area contributed by atoms with E-state index < -0.39 is 5.75 Å². The van der Waals surface area contributed by atoms with Crippen molar-refractivity contribution >= 4 is 27.8 Å². The second kappa shape index (κ2) is 5.26. The van der Waals surface area contributed by atoms with Gasteiger partial charge in [-0.2, -0.15) is 0 Å². The average molecular weight is 347 g/mol. The van der Waals surface area contributed by atoms with Crippen LogP contribution in [0.2, 0.25) is 0 Å². The van der Waals surface area contributed by atoms with Crippen molar-refractivity contribution in [2.75, 3.05) is 6.61 Å². The number of fused-ring (bicyclic) bond motifs is 1. The Kier molecular flexibility index (Phi) is 3.43. The number of ketones is 1. The Bertz CT molecular complexity index is 765. The minimum atomic E-state index is -0.447. The molecule has 2 aromatic carbocycles. The highest BCUT2D eigenvalue weighted by molar-refractivity contribution is 9.10. The Morgan fingerprint density at radius 3 is 2.76 bits per heavy atom. The van der Waals surface area contributed by atoms with Gasteiger partial charge in [-0.25, -0.2) is 0 Å². The van der Waals surface area contributed by atoms with Gasteiger partial charge in [0.05, 0.1) is 0 Å². The zero-order valence-electron chi connectivity index (χ0n) is 10.8. The van der Waals surface area contributed by atoms with Gasteiger partial charge in [-0.15, -0.1) is 0 Å². The van der Waals surface area contributed by atoms with Crippen molar-refractivity contribution in [3.8, 4) is 17.2 Å². The van der Waals surface area contributed by atoms with Crippen LogP contribution in [0.3, 0.4) is 0 Å². The van der Waals surface area contributed by atoms with Gasteiger partial charge in [0, 0.05) is 10.0 Å². The summed E-state index contributed by atoms with van der Waals surface area (Å²) in [6.07, 6.45) is 1.71. The molecule has 0 aliphatic carbocycles. The maximum Gasteiger partial charge on any atom is 0.200 e. The van der Waals surface area contributed by atoms with Crippen molar-refractivity contribution in [1.29, 1.82) is 0 Å². The number of phenols is 2. The number of aromatic hydroxyl groups is 2. The van der Waals surface area contributed by atoms with E-state index in [0.29, 0.717) is 5.57 Å². The Labute approximate surface area is 129 Å². The molecular formula is C16H11BrO4. The summed E-state index contributed by atoms with van der Waals surface area (Å²) in [5.41, 5.74) is 1.27. The quantitative estimate of drug-likeness (QED) is 0.612. The minimum absolute atomic E-state index is 0.00231. The molecule has 0 spiro atoms. The maximum absolute atomic E-state index is 12.4. The second-order valence-electron chi connectivity index (χ2n) is 4.65. The van der Waals surface area contributed by atoms with Gasteiger partial charge in [0.1, 0.15) is 17.9 Å². The lowest BCUT2D eigenvalue weighted by Crippen LogP contribution is -2.19. The molecule has 2 aromatic rings. The van der Waals surface area contributed by atoms with E-state index in [2.05, 4.69) is 15.9 Å². The molecule has 2 N–H and O–H groups in total. The van der Waals surface area contributed by atoms with Gasteiger partial charge in [0.25, 0.3) is 0 Å². The molecular weight excluding hydrogens is 336 g/mol. The highest BCUT2D eigenvalue weighted by Crippen LogP contribution is 2.39. The first-order valence-corrected chi connectivity index (χ1v) is 7.04. The summed E-state index contributed by atoms with van der Waals surface area (Å²) in [5.74, 6) is -0.849. The molecule has 0 amide bonds. The fraction of sp³-hybridized carbons (Fsp3) is 0.0625. The first-order valence-electron chi connectivity index (χ1n) is 6.25. The molecule has 4 nitrogen and oxygen atoms in total. The highest BCUT2D eigenvalue weighted by Gasteiger charge is 2.28. The molecule has 0 bridgehead atoms. The van der Waals surface area contributed by atoms with Crippen LogP contribution in [0.25, 0.3) is 6.08 Å². The average Bonchev–Trinajstić information content (AvgIpc) is 2.46. The molecule has 0 saturated heterocycles. The van der Waals surface area contributed by atoms with Crippen LogP contribution in [0.1, 0.15) is 15.9 Å². The zero-order valence-corrected chi connectivity index (χ0v) is 12.4. The number of carbonyl (C=O) groups excluding carboxylic acids is 1. The van der Waals surface area contributed by atoms with E-state index in [9.17, 15) is 15.0 Å². The molecule has 0 unspecified atom stereocenters. The molecule has 1 aliphatic rings. The summed E-state index contributed by atoms with van der Waals surface area (Å²) in [6, 6.07) is 10.3. The van der Waals surface area contributed by atoms with Crippen molar-refractivity contribution in [2.45, 2.75) is 0 Å². The van der Waals surface area contributed by atoms with E-state index in [0.717, 1.165) is 10.0 Å². The normalized spacial score (nSPS) is 15.7. The topological polar surface area (TPSA) is 66.8 Å². The third-order valence-electron chi connectivity index (χ3n) is 3.21. The predicted octanol–water partition coefficient (Wildman–Crippen LogP) is 3.52. The van der Waals surface area contributed by atoms with E-state index in [1.54, 1.807) is 6.08 Å². The Morgan fingerprint density at radius 2 is 2.00 bits per heavy atom. The fourth-order valence-electron chi connectivity index (χ4n) is 2.19. The number of halogens is 1. The molecule has 0 radical (unpaired) electrons. The fourth-order valence-corrected chi connectivity index (χ4v) is 2.60. The first kappa shape index (κ1) is 13.7. The standard InChI is InChI=1S/C16H11BrO4/c17-11-3-1-2-9(7-11)6-10-8-21-13-5-4-12(18)16(20)14(13)15(10)19/h1-7,18,20H,8H2/b10-6+. The number of hydrogen-bond donors (Lipinski definition) is 2. The minimum Gasteiger partial charge on any atom is -0.504 e. The Balaban J connectivity index is 2.05. The van der Waals surface area contributed by atoms with Crippen LogP contribution in [0.4, 0.5) is 0 Å². The van der Waals surface area contributed by atoms with Crippen LogP contribution >= 0.6 is 15.9 Å². The number of rotatable bonds is 1. The van der Waals surface area contributed by atoms with Crippen molar-refractivity contribution in [3.05, 3.63) is 57.6 Å². The summed E-state index contributed by atoms with van der Waals surface area (Å²) in [5, 5.41) is 19.4. The summed E-state index contributed by atoms with van der Waals surface area (Å²) >= 11 is 3.37. The Hall–Kier alpha value is -2.27. The zero-order chi connectivity index (χ0) is 15.0. The van der Waals surface area contributed by atoms with Crippen LogP contribution in [0.5, 0.6) is 17.2 Å². The molecule has 106 valence electrons. The molecule has 1 aliphatic heterocycles. The van der Waals surface area contributed by atoms with Crippen molar-refractivity contribution in [3.63, 3.8) is 0 Å². The molecule has 3 rings (SSSR count). The largest absolute Gasteiger partial charge is 0.504 e. The van der Waals surface area contributed by atoms with E-state index in [4.69, 9.17) is 4.74 Å². The third kappa shape index (κ3) is 2.52. The number of hydrogen-bond acceptors (Lipinski definition) is 4. The first-order chi connectivity index (χ1) is 10.1. The molecule has 0 fully saturated rings. The lowest BCUT2D eigenvalue weighted by Gasteiger charge is -2.20. The van der Waals surface area contributed by atoms with Crippen molar-refractivity contribution in [1.82, 2.24) is 0 Å². The van der Waals surface area contributed by atoms with Crippen molar-refractivity contribution < 1.29 is 19.7 Å². The van der Waals surface area contributed by atoms with Crippen LogP contribution in [-0.4, -0.2) is 22.6 Å². The van der Waals surface area contributed by atoms with Crippen LogP contribution in [-0.2, 0) is 0 Å². The van der Waals surface area contributed by atoms with E-state index in [-0.39, 0.29) is 29.5 Å². The van der Waals surface area contributed by atoms with E-state index >= 15 is 0 Å². The van der Waals surface area contributed by atoms with Crippen LogP contribution < -0.4 is 4.74 Å². The number of Topliss-reactive ketones (excluding diaryl/α,β-unsaturated/α-hetero) is 1.